The van der Waals surface area contributed by atoms with Gasteiger partial charge in [-0.2, -0.15) is 10.2 Å². The molecule has 1 aromatic heterocycles. The zero-order valence-electron chi connectivity index (χ0n) is 20.4. The Morgan fingerprint density at radius 2 is 1.78 bits per heavy atom. The van der Waals surface area contributed by atoms with Crippen molar-refractivity contribution in [2.75, 3.05) is 14.2 Å². The van der Waals surface area contributed by atoms with Crippen molar-refractivity contribution < 1.29 is 28.7 Å². The molecule has 1 N–H and O–H groups in total. The lowest BCUT2D eigenvalue weighted by molar-refractivity contribution is -0.386. The van der Waals surface area contributed by atoms with Gasteiger partial charge in [0.05, 0.1) is 24.9 Å². The molecule has 12 nitrogen and oxygen atoms in total. The van der Waals surface area contributed by atoms with Crippen molar-refractivity contribution in [1.82, 2.24) is 15.2 Å². The van der Waals surface area contributed by atoms with Crippen molar-refractivity contribution in [3.63, 3.8) is 0 Å². The molecule has 0 aliphatic rings. The van der Waals surface area contributed by atoms with E-state index in [1.165, 1.54) is 32.7 Å². The SMILES string of the molecule is COc1cc(/C(C)=N/NC(=O)Cn2nc(C)c([N+](=O)[O-])c2C)ccc1OC(=O)c1ccccc1OC. The molecule has 0 saturated heterocycles. The number of amides is 1. The molecule has 3 aromatic rings. The van der Waals surface area contributed by atoms with Crippen molar-refractivity contribution in [2.24, 2.45) is 5.10 Å². The largest absolute Gasteiger partial charge is 0.496 e. The number of nitrogens with zero attached hydrogens (tertiary/aromatic N) is 4. The van der Waals surface area contributed by atoms with E-state index < -0.39 is 16.8 Å². The number of aromatic nitrogens is 2. The molecule has 1 heterocycles. The number of para-hydroxylation sites is 1. The van der Waals surface area contributed by atoms with Gasteiger partial charge in [-0.3, -0.25) is 19.6 Å². The lowest BCUT2D eigenvalue weighted by atomic mass is 10.1. The van der Waals surface area contributed by atoms with Crippen molar-refractivity contribution in [2.45, 2.75) is 27.3 Å². The van der Waals surface area contributed by atoms with Crippen LogP contribution in [0.3, 0.4) is 0 Å². The van der Waals surface area contributed by atoms with Crippen molar-refractivity contribution in [1.29, 1.82) is 0 Å². The molecule has 0 aliphatic heterocycles. The van der Waals surface area contributed by atoms with Gasteiger partial charge >= 0.3 is 11.7 Å². The Bertz CT molecular complexity index is 1350. The minimum absolute atomic E-state index is 0.124. The summed E-state index contributed by atoms with van der Waals surface area (Å²) in [6.45, 7) is 4.46. The second kappa shape index (κ2) is 11.1. The Hall–Kier alpha value is -4.74. The number of esters is 1. The van der Waals surface area contributed by atoms with Crippen molar-refractivity contribution >= 4 is 23.3 Å². The number of carbonyl (C=O) groups is 2. The van der Waals surface area contributed by atoms with Crippen LogP contribution in [0.2, 0.25) is 0 Å². The smallest absolute Gasteiger partial charge is 0.347 e. The van der Waals surface area contributed by atoms with Crippen LogP contribution in [0.1, 0.15) is 34.2 Å². The summed E-state index contributed by atoms with van der Waals surface area (Å²) in [5.41, 5.74) is 4.10. The van der Waals surface area contributed by atoms with Crippen LogP contribution in [0.5, 0.6) is 17.2 Å². The molecule has 3 rings (SSSR count). The van der Waals surface area contributed by atoms with Gasteiger partial charge in [-0.25, -0.2) is 10.2 Å². The van der Waals surface area contributed by atoms with Gasteiger partial charge in [0, 0.05) is 5.56 Å². The Labute approximate surface area is 206 Å². The second-order valence-corrected chi connectivity index (χ2v) is 7.62. The number of hydrazone groups is 1. The summed E-state index contributed by atoms with van der Waals surface area (Å²) in [6.07, 6.45) is 0. The highest BCUT2D eigenvalue weighted by atomic mass is 16.6. The molecule has 0 bridgehead atoms. The highest BCUT2D eigenvalue weighted by molar-refractivity contribution is 6.00. The van der Waals surface area contributed by atoms with Gasteiger partial charge in [-0.15, -0.1) is 0 Å². The number of nitrogens with one attached hydrogen (secondary N) is 1. The fraction of sp³-hybridized carbons (Fsp3) is 0.250. The first-order chi connectivity index (χ1) is 17.2. The predicted octanol–water partition coefficient (Wildman–Crippen LogP) is 3.18. The minimum atomic E-state index is -0.611. The van der Waals surface area contributed by atoms with Crippen LogP contribution in [0.25, 0.3) is 0 Å². The lowest BCUT2D eigenvalue weighted by Crippen LogP contribution is -2.25. The van der Waals surface area contributed by atoms with E-state index >= 15 is 0 Å². The molecule has 2 aromatic carbocycles. The maximum absolute atomic E-state index is 12.6. The van der Waals surface area contributed by atoms with E-state index in [1.54, 1.807) is 49.4 Å². The van der Waals surface area contributed by atoms with E-state index in [1.807, 2.05) is 0 Å². The van der Waals surface area contributed by atoms with Crippen LogP contribution < -0.4 is 19.6 Å². The van der Waals surface area contributed by atoms with Crippen LogP contribution in [-0.4, -0.2) is 46.5 Å². The second-order valence-electron chi connectivity index (χ2n) is 7.62. The Morgan fingerprint density at radius 1 is 1.08 bits per heavy atom. The average Bonchev–Trinajstić information content (AvgIpc) is 3.14. The number of carbonyl (C=O) groups excluding carboxylic acids is 2. The average molecular weight is 495 g/mol. The molecule has 0 atom stereocenters. The van der Waals surface area contributed by atoms with E-state index in [0.717, 1.165) is 0 Å². The van der Waals surface area contributed by atoms with E-state index in [9.17, 15) is 19.7 Å². The molecule has 0 spiro atoms. The minimum Gasteiger partial charge on any atom is -0.496 e. The molecule has 12 heteroatoms. The molecule has 0 saturated carbocycles. The maximum Gasteiger partial charge on any atom is 0.347 e. The molecule has 0 aliphatic carbocycles. The van der Waals surface area contributed by atoms with E-state index in [-0.39, 0.29) is 40.7 Å². The third-order valence-electron chi connectivity index (χ3n) is 5.28. The Morgan fingerprint density at radius 3 is 2.42 bits per heavy atom. The van der Waals surface area contributed by atoms with E-state index in [2.05, 4.69) is 15.6 Å². The normalized spacial score (nSPS) is 11.1. The van der Waals surface area contributed by atoms with E-state index in [0.29, 0.717) is 17.0 Å². The maximum atomic E-state index is 12.6. The van der Waals surface area contributed by atoms with Crippen LogP contribution in [0.15, 0.2) is 47.6 Å². The topological polar surface area (TPSA) is 147 Å². The number of benzene rings is 2. The summed E-state index contributed by atoms with van der Waals surface area (Å²) < 4.78 is 17.3. The molecule has 0 fully saturated rings. The quantitative estimate of drug-likeness (QED) is 0.156. The molecule has 0 radical (unpaired) electrons. The fourth-order valence-electron chi connectivity index (χ4n) is 3.43. The van der Waals surface area contributed by atoms with Gasteiger partial charge in [0.15, 0.2) is 11.5 Å². The number of hydrogen-bond acceptors (Lipinski definition) is 9. The Balaban J connectivity index is 1.71. The summed E-state index contributed by atoms with van der Waals surface area (Å²) in [5, 5.41) is 19.3. The number of nitro groups is 1. The van der Waals surface area contributed by atoms with Gasteiger partial charge in [0.2, 0.25) is 0 Å². The molecule has 1 amide bonds. The first-order valence-corrected chi connectivity index (χ1v) is 10.7. The monoisotopic (exact) mass is 495 g/mol. The number of ether oxygens (including phenoxy) is 3. The standard InChI is InChI=1S/C24H25N5O7/c1-14(25-26-22(30)13-28-16(3)23(29(32)33)15(2)27-28)17-10-11-20(21(12-17)35-5)36-24(31)18-8-6-7-9-19(18)34-4/h6-12H,13H2,1-5H3,(H,26,30)/b25-14+. The van der Waals surface area contributed by atoms with E-state index in [4.69, 9.17) is 14.2 Å². The summed E-state index contributed by atoms with van der Waals surface area (Å²) in [7, 11) is 2.89. The van der Waals surface area contributed by atoms with Gasteiger partial charge in [0.25, 0.3) is 5.91 Å². The van der Waals surface area contributed by atoms with Gasteiger partial charge in [-0.05, 0) is 51.1 Å². The molecular formula is C24H25N5O7. The van der Waals surface area contributed by atoms with Crippen LogP contribution in [-0.2, 0) is 11.3 Å². The predicted molar refractivity (Wildman–Crippen MR) is 130 cm³/mol. The molecule has 188 valence electrons. The summed E-state index contributed by atoms with van der Waals surface area (Å²) in [6, 6.07) is 11.5. The number of rotatable bonds is 9. The Kier molecular flexibility index (Phi) is 8.00. The fourth-order valence-corrected chi connectivity index (χ4v) is 3.43. The highest BCUT2D eigenvalue weighted by Crippen LogP contribution is 2.30. The summed E-state index contributed by atoms with van der Waals surface area (Å²) in [4.78, 5) is 35.6. The highest BCUT2D eigenvalue weighted by Gasteiger charge is 2.23. The van der Waals surface area contributed by atoms with Gasteiger partial charge in [0.1, 0.15) is 29.2 Å². The zero-order chi connectivity index (χ0) is 26.4. The van der Waals surface area contributed by atoms with Crippen LogP contribution in [0, 0.1) is 24.0 Å². The first-order valence-electron chi connectivity index (χ1n) is 10.7. The molecule has 36 heavy (non-hydrogen) atoms. The number of methoxy groups -OCH3 is 2. The first kappa shape index (κ1) is 25.9. The van der Waals surface area contributed by atoms with Crippen molar-refractivity contribution in [3.05, 3.63) is 75.1 Å². The van der Waals surface area contributed by atoms with Gasteiger partial charge < -0.3 is 14.2 Å². The third-order valence-corrected chi connectivity index (χ3v) is 5.28. The molecular weight excluding hydrogens is 470 g/mol. The number of hydrogen-bond donors (Lipinski definition) is 1. The van der Waals surface area contributed by atoms with Crippen LogP contribution >= 0.6 is 0 Å². The third kappa shape index (κ3) is 5.66. The van der Waals surface area contributed by atoms with Gasteiger partial charge in [-0.1, -0.05) is 12.1 Å². The summed E-state index contributed by atoms with van der Waals surface area (Å²) in [5.74, 6) is -0.261. The molecule has 0 unspecified atom stereocenters. The lowest BCUT2D eigenvalue weighted by Gasteiger charge is -2.12. The number of aryl methyl sites for hydroxylation is 1. The summed E-state index contributed by atoms with van der Waals surface area (Å²) >= 11 is 0. The van der Waals surface area contributed by atoms with Crippen molar-refractivity contribution in [3.8, 4) is 17.2 Å². The zero-order valence-corrected chi connectivity index (χ0v) is 20.4. The van der Waals surface area contributed by atoms with Crippen LogP contribution in [0.4, 0.5) is 5.69 Å².